The number of fused-ring (bicyclic) bond motifs is 1. The van der Waals surface area contributed by atoms with Gasteiger partial charge in [-0.25, -0.2) is 18.2 Å². The number of halogens is 7. The fourth-order valence-electron chi connectivity index (χ4n) is 3.93. The Morgan fingerprint density at radius 1 is 1.15 bits per heavy atom. The Kier molecular flexibility index (Phi) is 6.65. The van der Waals surface area contributed by atoms with Crippen LogP contribution in [0.3, 0.4) is 0 Å². The van der Waals surface area contributed by atoms with Gasteiger partial charge in [-0.2, -0.15) is 13.2 Å². The summed E-state index contributed by atoms with van der Waals surface area (Å²) in [7, 11) is 1.25. The van der Waals surface area contributed by atoms with Gasteiger partial charge in [-0.15, -0.1) is 0 Å². The van der Waals surface area contributed by atoms with E-state index in [0.717, 1.165) is 24.4 Å². The molecule has 1 aromatic carbocycles. The average molecular weight is 478 g/mol. The first-order valence-electron chi connectivity index (χ1n) is 9.77. The molecule has 0 bridgehead atoms. The van der Waals surface area contributed by atoms with Gasteiger partial charge in [0.2, 0.25) is 0 Å². The third-order valence-electron chi connectivity index (χ3n) is 5.56. The molecule has 0 saturated carbocycles. The van der Waals surface area contributed by atoms with E-state index in [1.54, 1.807) is 0 Å². The number of H-pyrrole nitrogens is 1. The normalized spacial score (nSPS) is 16.1. The Labute approximate surface area is 184 Å². The maximum Gasteiger partial charge on any atom is 0.433 e. The molecule has 3 aromatic rings. The molecule has 0 amide bonds. The van der Waals surface area contributed by atoms with Crippen LogP contribution in [0.4, 0.5) is 30.7 Å². The van der Waals surface area contributed by atoms with Gasteiger partial charge in [0.15, 0.2) is 0 Å². The number of hydrogen-bond donors (Lipinski definition) is 2. The van der Waals surface area contributed by atoms with E-state index in [2.05, 4.69) is 9.97 Å². The molecule has 0 aliphatic rings. The molecule has 2 heterocycles. The van der Waals surface area contributed by atoms with Crippen LogP contribution < -0.4 is 4.74 Å². The third-order valence-corrected chi connectivity index (χ3v) is 5.56. The zero-order chi connectivity index (χ0) is 24.6. The average Bonchev–Trinajstić information content (AvgIpc) is 3.13. The molecule has 0 fully saturated rings. The van der Waals surface area contributed by atoms with Gasteiger partial charge in [0.25, 0.3) is 6.43 Å². The fourth-order valence-corrected chi connectivity index (χ4v) is 3.93. The van der Waals surface area contributed by atoms with Crippen LogP contribution in [0.5, 0.6) is 5.75 Å². The van der Waals surface area contributed by atoms with Gasteiger partial charge in [-0.05, 0) is 36.8 Å². The summed E-state index contributed by atoms with van der Waals surface area (Å²) in [5, 5.41) is 10.9. The second kappa shape index (κ2) is 8.85. The first kappa shape index (κ1) is 24.8. The summed E-state index contributed by atoms with van der Waals surface area (Å²) in [5.74, 6) is -0.681. The lowest BCUT2D eigenvalue weighted by atomic mass is 9.73. The smallest absolute Gasteiger partial charge is 0.433 e. The number of pyridine rings is 1. The number of aliphatic hydroxyl groups is 1. The first-order chi connectivity index (χ1) is 15.3. The van der Waals surface area contributed by atoms with E-state index < -0.39 is 54.6 Å². The summed E-state index contributed by atoms with van der Waals surface area (Å²) in [4.78, 5) is 5.96. The van der Waals surface area contributed by atoms with Crippen molar-refractivity contribution in [2.45, 2.75) is 43.4 Å². The van der Waals surface area contributed by atoms with Crippen molar-refractivity contribution in [3.05, 3.63) is 59.3 Å². The molecule has 180 valence electrons. The number of methoxy groups -OCH3 is 1. The van der Waals surface area contributed by atoms with Gasteiger partial charge in [-0.3, -0.25) is 4.39 Å². The summed E-state index contributed by atoms with van der Waals surface area (Å²) < 4.78 is 99.9. The van der Waals surface area contributed by atoms with Crippen molar-refractivity contribution in [1.29, 1.82) is 0 Å². The van der Waals surface area contributed by atoms with Crippen molar-refractivity contribution in [1.82, 2.24) is 9.97 Å². The van der Waals surface area contributed by atoms with Gasteiger partial charge in [-0.1, -0.05) is 6.92 Å². The van der Waals surface area contributed by atoms with Crippen LogP contribution >= 0.6 is 0 Å². The van der Waals surface area contributed by atoms with E-state index >= 15 is 0 Å². The molecule has 0 saturated heterocycles. The van der Waals surface area contributed by atoms with Crippen LogP contribution in [0, 0.1) is 5.82 Å². The monoisotopic (exact) mass is 478 g/mol. The summed E-state index contributed by atoms with van der Waals surface area (Å²) in [6, 6.07) is 5.18. The van der Waals surface area contributed by atoms with Crippen molar-refractivity contribution < 1.29 is 40.6 Å². The van der Waals surface area contributed by atoms with Crippen molar-refractivity contribution in [2.24, 2.45) is 0 Å². The van der Waals surface area contributed by atoms with Crippen molar-refractivity contribution in [3.63, 3.8) is 0 Å². The lowest BCUT2D eigenvalue weighted by molar-refractivity contribution is -0.141. The summed E-state index contributed by atoms with van der Waals surface area (Å²) >= 11 is 0. The molecule has 0 aliphatic heterocycles. The largest absolute Gasteiger partial charge is 0.496 e. The lowest BCUT2D eigenvalue weighted by Gasteiger charge is -2.37. The summed E-state index contributed by atoms with van der Waals surface area (Å²) in [6.07, 6.45) is -8.68. The number of ether oxygens (including phenoxy) is 1. The number of nitrogens with one attached hydrogen (secondary N) is 1. The van der Waals surface area contributed by atoms with Crippen LogP contribution in [-0.4, -0.2) is 40.9 Å². The maximum absolute atomic E-state index is 14.2. The van der Waals surface area contributed by atoms with Gasteiger partial charge >= 0.3 is 6.18 Å². The highest BCUT2D eigenvalue weighted by atomic mass is 19.4. The molecule has 0 spiro atoms. The highest BCUT2D eigenvalue weighted by Gasteiger charge is 2.46. The van der Waals surface area contributed by atoms with Crippen molar-refractivity contribution in [3.8, 4) is 5.75 Å². The first-order valence-corrected chi connectivity index (χ1v) is 9.77. The number of aromatic nitrogens is 2. The molecule has 0 radical (unpaired) electrons. The Morgan fingerprint density at radius 3 is 2.42 bits per heavy atom. The molecule has 3 rings (SSSR count). The topological polar surface area (TPSA) is 58.1 Å². The van der Waals surface area contributed by atoms with E-state index in [9.17, 15) is 35.8 Å². The molecule has 2 unspecified atom stereocenters. The minimum absolute atomic E-state index is 0.00124. The zero-order valence-electron chi connectivity index (χ0n) is 17.6. The highest BCUT2D eigenvalue weighted by Crippen LogP contribution is 2.42. The number of alkyl halides is 6. The quantitative estimate of drug-likeness (QED) is 0.416. The SMILES string of the molecule is COc1ccc(F)cc1C(C)(CF)CC(O)(Cc1cc2cc(C(F)(F)F)ncc2[nH]1)C(F)F. The van der Waals surface area contributed by atoms with E-state index in [4.69, 9.17) is 4.74 Å². The number of nitrogens with zero attached hydrogens (tertiary/aromatic N) is 1. The Balaban J connectivity index is 1.98. The standard InChI is InChI=1S/C22H21F7N2O2/c1-20(11-23,15-7-13(24)3-4-17(15)33-2)10-21(32,19(25)26)8-14-5-12-6-18(22(27,28)29)30-9-16(12)31-14/h3-7,9,19,31-32H,8,10-11H2,1-2H3. The predicted molar refractivity (Wildman–Crippen MR) is 107 cm³/mol. The number of hydrogen-bond acceptors (Lipinski definition) is 3. The molecule has 2 aromatic heterocycles. The van der Waals surface area contributed by atoms with Gasteiger partial charge in [0.1, 0.15) is 22.9 Å². The molecule has 4 nitrogen and oxygen atoms in total. The van der Waals surface area contributed by atoms with Crippen molar-refractivity contribution in [2.75, 3.05) is 13.8 Å². The Morgan fingerprint density at radius 2 is 1.85 bits per heavy atom. The molecule has 2 atom stereocenters. The van der Waals surface area contributed by atoms with Crippen LogP contribution in [-0.2, 0) is 18.0 Å². The van der Waals surface area contributed by atoms with Crippen LogP contribution in [0.2, 0.25) is 0 Å². The van der Waals surface area contributed by atoms with Crippen LogP contribution in [0.25, 0.3) is 10.9 Å². The van der Waals surface area contributed by atoms with Gasteiger partial charge < -0.3 is 14.8 Å². The minimum atomic E-state index is -4.69. The van der Waals surface area contributed by atoms with E-state index in [0.29, 0.717) is 0 Å². The minimum Gasteiger partial charge on any atom is -0.496 e. The third kappa shape index (κ3) is 5.07. The van der Waals surface area contributed by atoms with Gasteiger partial charge in [0, 0.05) is 28.5 Å². The lowest BCUT2D eigenvalue weighted by Crippen LogP contribution is -2.46. The zero-order valence-corrected chi connectivity index (χ0v) is 17.6. The van der Waals surface area contributed by atoms with E-state index in [1.807, 2.05) is 0 Å². The molecule has 0 aliphatic carbocycles. The molecular weight excluding hydrogens is 457 g/mol. The number of rotatable bonds is 8. The molecule has 33 heavy (non-hydrogen) atoms. The maximum atomic E-state index is 14.2. The molecular formula is C22H21F7N2O2. The van der Waals surface area contributed by atoms with Gasteiger partial charge in [0.05, 0.1) is 25.5 Å². The summed E-state index contributed by atoms with van der Waals surface area (Å²) in [6.45, 7) is 0.0375. The Hall–Kier alpha value is -2.82. The van der Waals surface area contributed by atoms with E-state index in [1.165, 1.54) is 26.2 Å². The van der Waals surface area contributed by atoms with Crippen molar-refractivity contribution >= 4 is 10.9 Å². The van der Waals surface area contributed by atoms with E-state index in [-0.39, 0.29) is 27.9 Å². The fraction of sp³-hybridized carbons (Fsp3) is 0.409. The number of aromatic amines is 1. The molecule has 2 N–H and O–H groups in total. The second-order valence-corrected chi connectivity index (χ2v) is 8.25. The number of benzene rings is 1. The van der Waals surface area contributed by atoms with Crippen LogP contribution in [0.15, 0.2) is 36.5 Å². The second-order valence-electron chi connectivity index (χ2n) is 8.25. The highest BCUT2D eigenvalue weighted by molar-refractivity contribution is 5.80. The Bertz CT molecular complexity index is 1130. The summed E-state index contributed by atoms with van der Waals surface area (Å²) in [5.41, 5.74) is -5.60. The van der Waals surface area contributed by atoms with Crippen LogP contribution in [0.1, 0.15) is 30.3 Å². The molecule has 11 heteroatoms. The predicted octanol–water partition coefficient (Wildman–Crippen LogP) is 5.59.